The summed E-state index contributed by atoms with van der Waals surface area (Å²) in [6.45, 7) is 5.67. The van der Waals surface area contributed by atoms with Gasteiger partial charge in [0.05, 0.1) is 25.4 Å². The maximum atomic E-state index is 12.5. The average molecular weight is 343 g/mol. The lowest BCUT2D eigenvalue weighted by Gasteiger charge is -2.10. The van der Waals surface area contributed by atoms with Gasteiger partial charge in [0.25, 0.3) is 5.91 Å². The van der Waals surface area contributed by atoms with E-state index >= 15 is 0 Å². The van der Waals surface area contributed by atoms with Crippen LogP contribution in [0.15, 0.2) is 47.7 Å². The largest absolute Gasteiger partial charge is 0.493 e. The summed E-state index contributed by atoms with van der Waals surface area (Å²) in [7, 11) is 4.44. The summed E-state index contributed by atoms with van der Waals surface area (Å²) in [4.78, 5) is 25.9. The minimum absolute atomic E-state index is 0.260. The Hall–Kier alpha value is -3.02. The van der Waals surface area contributed by atoms with E-state index in [2.05, 4.69) is 6.58 Å². The zero-order chi connectivity index (χ0) is 18.6. The fourth-order valence-corrected chi connectivity index (χ4v) is 2.50. The Labute approximate surface area is 147 Å². The van der Waals surface area contributed by atoms with Crippen LogP contribution in [-0.2, 0) is 14.3 Å². The number of hydrogen-bond donors (Lipinski definition) is 0. The number of benzene rings is 1. The standard InChI is InChI=1S/C19H21NO5/c1-6-9-25-15-8-7-13(11-16(15)23-4)10-14-17(19(22)24-5)12(2)20(3)18(14)21/h6-8,10-11H,1,9H2,2-5H3/b14-10-. The van der Waals surface area contributed by atoms with Gasteiger partial charge in [-0.2, -0.15) is 0 Å². The number of esters is 1. The van der Waals surface area contributed by atoms with Crippen LogP contribution in [-0.4, -0.2) is 44.7 Å². The number of allylic oxidation sites excluding steroid dienone is 1. The molecule has 2 rings (SSSR count). The molecule has 0 bridgehead atoms. The molecule has 0 saturated carbocycles. The Bertz CT molecular complexity index is 776. The van der Waals surface area contributed by atoms with Gasteiger partial charge in [0.2, 0.25) is 0 Å². The van der Waals surface area contributed by atoms with Gasteiger partial charge in [0, 0.05) is 12.7 Å². The summed E-state index contributed by atoms with van der Waals surface area (Å²) in [6, 6.07) is 5.26. The highest BCUT2D eigenvalue weighted by Crippen LogP contribution is 2.33. The number of nitrogens with zero attached hydrogens (tertiary/aromatic N) is 1. The zero-order valence-corrected chi connectivity index (χ0v) is 14.8. The summed E-state index contributed by atoms with van der Waals surface area (Å²) < 4.78 is 15.6. The minimum atomic E-state index is -0.542. The maximum absolute atomic E-state index is 12.5. The number of rotatable bonds is 6. The van der Waals surface area contributed by atoms with Crippen molar-refractivity contribution in [2.24, 2.45) is 0 Å². The topological polar surface area (TPSA) is 65.1 Å². The van der Waals surface area contributed by atoms with Crippen LogP contribution in [0.25, 0.3) is 6.08 Å². The van der Waals surface area contributed by atoms with Crippen molar-refractivity contribution in [1.29, 1.82) is 0 Å². The van der Waals surface area contributed by atoms with E-state index in [0.717, 1.165) is 0 Å². The van der Waals surface area contributed by atoms with E-state index in [1.165, 1.54) is 19.1 Å². The van der Waals surface area contributed by atoms with Crippen molar-refractivity contribution in [3.05, 3.63) is 53.3 Å². The van der Waals surface area contributed by atoms with Gasteiger partial charge in [0.1, 0.15) is 6.61 Å². The van der Waals surface area contributed by atoms with Crippen LogP contribution in [0.2, 0.25) is 0 Å². The molecule has 0 saturated heterocycles. The normalized spacial score (nSPS) is 15.6. The molecule has 25 heavy (non-hydrogen) atoms. The predicted octanol–water partition coefficient (Wildman–Crippen LogP) is 2.56. The Kier molecular flexibility index (Phi) is 5.64. The monoisotopic (exact) mass is 343 g/mol. The van der Waals surface area contributed by atoms with Crippen molar-refractivity contribution in [3.63, 3.8) is 0 Å². The third-order valence-electron chi connectivity index (χ3n) is 3.91. The van der Waals surface area contributed by atoms with Crippen LogP contribution in [0.4, 0.5) is 0 Å². The van der Waals surface area contributed by atoms with E-state index in [1.54, 1.807) is 44.3 Å². The molecule has 0 fully saturated rings. The van der Waals surface area contributed by atoms with E-state index in [-0.39, 0.29) is 17.1 Å². The lowest BCUT2D eigenvalue weighted by molar-refractivity contribution is -0.136. The Morgan fingerprint density at radius 2 is 2.00 bits per heavy atom. The highest BCUT2D eigenvalue weighted by Gasteiger charge is 2.34. The van der Waals surface area contributed by atoms with Gasteiger partial charge >= 0.3 is 5.97 Å². The predicted molar refractivity (Wildman–Crippen MR) is 94.1 cm³/mol. The van der Waals surface area contributed by atoms with Crippen molar-refractivity contribution in [2.75, 3.05) is 27.9 Å². The molecule has 6 nitrogen and oxygen atoms in total. The van der Waals surface area contributed by atoms with E-state index < -0.39 is 5.97 Å². The van der Waals surface area contributed by atoms with E-state index in [9.17, 15) is 9.59 Å². The number of amides is 1. The molecule has 0 radical (unpaired) electrons. The van der Waals surface area contributed by atoms with E-state index in [1.807, 2.05) is 0 Å². The molecule has 0 aliphatic carbocycles. The number of likely N-dealkylation sites (N-methyl/N-ethyl adjacent to an activating group) is 1. The highest BCUT2D eigenvalue weighted by atomic mass is 16.5. The molecular weight excluding hydrogens is 322 g/mol. The van der Waals surface area contributed by atoms with E-state index in [0.29, 0.717) is 29.4 Å². The molecule has 1 aromatic carbocycles. The molecule has 1 aliphatic heterocycles. The van der Waals surface area contributed by atoms with Crippen molar-refractivity contribution in [2.45, 2.75) is 6.92 Å². The van der Waals surface area contributed by atoms with Gasteiger partial charge in [-0.3, -0.25) is 4.79 Å². The lowest BCUT2D eigenvalue weighted by Crippen LogP contribution is -2.19. The minimum Gasteiger partial charge on any atom is -0.493 e. The molecule has 1 aromatic rings. The van der Waals surface area contributed by atoms with Gasteiger partial charge in [-0.25, -0.2) is 4.79 Å². The molecule has 0 spiro atoms. The molecule has 0 unspecified atom stereocenters. The Morgan fingerprint density at radius 3 is 2.60 bits per heavy atom. The van der Waals surface area contributed by atoms with Crippen LogP contribution in [0, 0.1) is 0 Å². The molecule has 1 amide bonds. The molecule has 1 heterocycles. The number of ether oxygens (including phenoxy) is 3. The fourth-order valence-electron chi connectivity index (χ4n) is 2.50. The summed E-state index contributed by atoms with van der Waals surface area (Å²) in [5.74, 6) is 0.290. The first-order chi connectivity index (χ1) is 11.9. The summed E-state index contributed by atoms with van der Waals surface area (Å²) in [6.07, 6.45) is 3.28. The smallest absolute Gasteiger partial charge is 0.340 e. The molecule has 0 N–H and O–H groups in total. The van der Waals surface area contributed by atoms with Crippen molar-refractivity contribution in [1.82, 2.24) is 4.90 Å². The van der Waals surface area contributed by atoms with Gasteiger partial charge in [-0.15, -0.1) is 0 Å². The second-order valence-electron chi connectivity index (χ2n) is 5.38. The van der Waals surface area contributed by atoms with Crippen LogP contribution in [0.1, 0.15) is 12.5 Å². The first kappa shape index (κ1) is 18.3. The second kappa shape index (κ2) is 7.70. The van der Waals surface area contributed by atoms with Crippen molar-refractivity contribution >= 4 is 18.0 Å². The number of carbonyl (C=O) groups excluding carboxylic acids is 2. The first-order valence-electron chi connectivity index (χ1n) is 7.65. The number of carbonyl (C=O) groups is 2. The van der Waals surface area contributed by atoms with Gasteiger partial charge in [0.15, 0.2) is 11.5 Å². The number of methoxy groups -OCH3 is 2. The Balaban J connectivity index is 2.46. The second-order valence-corrected chi connectivity index (χ2v) is 5.38. The molecule has 0 atom stereocenters. The quantitative estimate of drug-likeness (QED) is 0.451. The van der Waals surface area contributed by atoms with Crippen LogP contribution in [0.3, 0.4) is 0 Å². The summed E-state index contributed by atoms with van der Waals surface area (Å²) >= 11 is 0. The Morgan fingerprint density at radius 1 is 1.28 bits per heavy atom. The van der Waals surface area contributed by atoms with Gasteiger partial charge in [-0.1, -0.05) is 18.7 Å². The SMILES string of the molecule is C=CCOc1ccc(/C=C2\C(=O)N(C)C(C)=C2C(=O)OC)cc1OC. The highest BCUT2D eigenvalue weighted by molar-refractivity contribution is 6.16. The van der Waals surface area contributed by atoms with Crippen molar-refractivity contribution in [3.8, 4) is 11.5 Å². The summed E-state index contributed by atoms with van der Waals surface area (Å²) in [5.41, 5.74) is 1.81. The fraction of sp³-hybridized carbons (Fsp3) is 0.263. The molecule has 1 aliphatic rings. The van der Waals surface area contributed by atoms with Crippen molar-refractivity contribution < 1.29 is 23.8 Å². The van der Waals surface area contributed by atoms with Gasteiger partial charge in [-0.05, 0) is 30.7 Å². The third-order valence-corrected chi connectivity index (χ3v) is 3.91. The molecular formula is C19H21NO5. The summed E-state index contributed by atoms with van der Waals surface area (Å²) in [5, 5.41) is 0. The van der Waals surface area contributed by atoms with Crippen LogP contribution in [0.5, 0.6) is 11.5 Å². The molecule has 6 heteroatoms. The molecule has 0 aromatic heterocycles. The average Bonchev–Trinajstić information content (AvgIpc) is 2.83. The molecule has 132 valence electrons. The lowest BCUT2D eigenvalue weighted by atomic mass is 10.0. The first-order valence-corrected chi connectivity index (χ1v) is 7.65. The zero-order valence-electron chi connectivity index (χ0n) is 14.8. The van der Waals surface area contributed by atoms with Crippen LogP contribution >= 0.6 is 0 Å². The number of hydrogen-bond acceptors (Lipinski definition) is 5. The van der Waals surface area contributed by atoms with Crippen LogP contribution < -0.4 is 9.47 Å². The third kappa shape index (κ3) is 3.57. The van der Waals surface area contributed by atoms with Gasteiger partial charge < -0.3 is 19.1 Å². The van der Waals surface area contributed by atoms with E-state index in [4.69, 9.17) is 14.2 Å². The maximum Gasteiger partial charge on any atom is 0.340 e.